The summed E-state index contributed by atoms with van der Waals surface area (Å²) in [6, 6.07) is 14.2. The summed E-state index contributed by atoms with van der Waals surface area (Å²) in [5.74, 6) is -0.221. The minimum absolute atomic E-state index is 0.00537. The number of benzene rings is 2. The molecule has 0 aliphatic heterocycles. The van der Waals surface area contributed by atoms with Gasteiger partial charge in [0.05, 0.1) is 10.6 Å². The Hall–Kier alpha value is -1.36. The third kappa shape index (κ3) is 3.84. The van der Waals surface area contributed by atoms with E-state index in [0.717, 1.165) is 11.1 Å². The summed E-state index contributed by atoms with van der Waals surface area (Å²) in [5.41, 5.74) is 7.45. The van der Waals surface area contributed by atoms with Crippen molar-refractivity contribution in [2.75, 3.05) is 12.3 Å². The van der Waals surface area contributed by atoms with Crippen molar-refractivity contribution in [1.29, 1.82) is 0 Å². The molecule has 0 aliphatic carbocycles. The number of aryl methyl sites for hydroxylation is 1. The second-order valence-electron chi connectivity index (χ2n) is 5.04. The van der Waals surface area contributed by atoms with E-state index in [1.807, 2.05) is 30.3 Å². The summed E-state index contributed by atoms with van der Waals surface area (Å²) in [7, 11) is -3.40. The smallest absolute Gasteiger partial charge is 0.179 e. The quantitative estimate of drug-likeness (QED) is 0.919. The van der Waals surface area contributed by atoms with Gasteiger partial charge in [-0.1, -0.05) is 41.9 Å². The summed E-state index contributed by atoms with van der Waals surface area (Å²) in [4.78, 5) is 0.291. The third-order valence-corrected chi connectivity index (χ3v) is 5.70. The fourth-order valence-corrected chi connectivity index (χ4v) is 4.00. The molecule has 0 saturated heterocycles. The first kappa shape index (κ1) is 16.0. The van der Waals surface area contributed by atoms with Gasteiger partial charge in [-0.05, 0) is 36.2 Å². The Kier molecular flexibility index (Phi) is 5.04. The van der Waals surface area contributed by atoms with Crippen molar-refractivity contribution in [1.82, 2.24) is 0 Å². The lowest BCUT2D eigenvalue weighted by atomic mass is 10.0. The molecule has 0 aliphatic rings. The Morgan fingerprint density at radius 1 is 1.14 bits per heavy atom. The first-order chi connectivity index (χ1) is 9.94. The van der Waals surface area contributed by atoms with Gasteiger partial charge in [0.25, 0.3) is 0 Å². The van der Waals surface area contributed by atoms with Gasteiger partial charge in [-0.25, -0.2) is 8.42 Å². The number of nitrogens with two attached hydrogens (primary N) is 1. The maximum atomic E-state index is 12.5. The normalized spacial score (nSPS) is 13.1. The van der Waals surface area contributed by atoms with E-state index >= 15 is 0 Å². The summed E-state index contributed by atoms with van der Waals surface area (Å²) >= 11 is 5.94. The lowest BCUT2D eigenvalue weighted by molar-refractivity contribution is 0.587. The van der Waals surface area contributed by atoms with Crippen LogP contribution >= 0.6 is 11.6 Å². The van der Waals surface area contributed by atoms with Crippen LogP contribution in [-0.4, -0.2) is 20.7 Å². The average Bonchev–Trinajstić information content (AvgIpc) is 2.48. The van der Waals surface area contributed by atoms with Crippen molar-refractivity contribution in [2.24, 2.45) is 5.73 Å². The van der Waals surface area contributed by atoms with Crippen molar-refractivity contribution in [2.45, 2.75) is 17.7 Å². The zero-order valence-electron chi connectivity index (χ0n) is 11.8. The van der Waals surface area contributed by atoms with Gasteiger partial charge in [-0.2, -0.15) is 0 Å². The van der Waals surface area contributed by atoms with E-state index in [4.69, 9.17) is 17.3 Å². The van der Waals surface area contributed by atoms with Gasteiger partial charge in [0.2, 0.25) is 0 Å². The van der Waals surface area contributed by atoms with Crippen LogP contribution in [0.5, 0.6) is 0 Å². The highest BCUT2D eigenvalue weighted by Gasteiger charge is 2.22. The first-order valence-electron chi connectivity index (χ1n) is 6.68. The Bertz CT molecular complexity index is 714. The zero-order valence-corrected chi connectivity index (χ0v) is 13.4. The lowest BCUT2D eigenvalue weighted by Gasteiger charge is -2.16. The van der Waals surface area contributed by atoms with Crippen molar-refractivity contribution >= 4 is 21.4 Å². The van der Waals surface area contributed by atoms with Crippen LogP contribution in [0, 0.1) is 6.92 Å². The molecule has 0 heterocycles. The molecule has 0 saturated carbocycles. The molecule has 5 heteroatoms. The van der Waals surface area contributed by atoms with E-state index in [1.54, 1.807) is 25.1 Å². The molecule has 2 N–H and O–H groups in total. The predicted molar refractivity (Wildman–Crippen MR) is 86.5 cm³/mol. The molecular formula is C16H18ClNO2S. The Morgan fingerprint density at radius 2 is 1.81 bits per heavy atom. The van der Waals surface area contributed by atoms with Gasteiger partial charge in [0.15, 0.2) is 9.84 Å². The van der Waals surface area contributed by atoms with Crippen LogP contribution in [-0.2, 0) is 9.84 Å². The molecule has 1 unspecified atom stereocenters. The molecule has 2 aromatic carbocycles. The van der Waals surface area contributed by atoms with Crippen molar-refractivity contribution in [3.63, 3.8) is 0 Å². The third-order valence-electron chi connectivity index (χ3n) is 3.46. The van der Waals surface area contributed by atoms with Gasteiger partial charge in [0, 0.05) is 17.5 Å². The van der Waals surface area contributed by atoms with Gasteiger partial charge < -0.3 is 5.73 Å². The van der Waals surface area contributed by atoms with E-state index in [2.05, 4.69) is 0 Å². The second kappa shape index (κ2) is 6.60. The highest BCUT2D eigenvalue weighted by Crippen LogP contribution is 2.24. The minimum Gasteiger partial charge on any atom is -0.330 e. The van der Waals surface area contributed by atoms with Crippen LogP contribution in [0.15, 0.2) is 53.4 Å². The average molecular weight is 324 g/mol. The standard InChI is InChI=1S/C16H18ClNO2S/c1-12-9-15(7-8-16(12)17)21(19,20)11-14(10-18)13-5-3-2-4-6-13/h2-9,14H,10-11,18H2,1H3. The highest BCUT2D eigenvalue weighted by molar-refractivity contribution is 7.91. The molecule has 0 spiro atoms. The molecule has 0 radical (unpaired) electrons. The van der Waals surface area contributed by atoms with Crippen LogP contribution in [0.1, 0.15) is 17.0 Å². The van der Waals surface area contributed by atoms with E-state index in [0.29, 0.717) is 9.92 Å². The molecule has 112 valence electrons. The van der Waals surface area contributed by atoms with Gasteiger partial charge >= 0.3 is 0 Å². The Balaban J connectivity index is 2.29. The van der Waals surface area contributed by atoms with Gasteiger partial charge in [0.1, 0.15) is 0 Å². The highest BCUT2D eigenvalue weighted by atomic mass is 35.5. The molecule has 21 heavy (non-hydrogen) atoms. The second-order valence-corrected chi connectivity index (χ2v) is 7.48. The van der Waals surface area contributed by atoms with Crippen molar-refractivity contribution in [3.8, 4) is 0 Å². The van der Waals surface area contributed by atoms with E-state index in [-0.39, 0.29) is 18.2 Å². The number of sulfone groups is 1. The van der Waals surface area contributed by atoms with Gasteiger partial charge in [-0.3, -0.25) is 0 Å². The summed E-state index contributed by atoms with van der Waals surface area (Å²) < 4.78 is 25.1. The zero-order chi connectivity index (χ0) is 15.5. The van der Waals surface area contributed by atoms with Crippen LogP contribution in [0.2, 0.25) is 5.02 Å². The SMILES string of the molecule is Cc1cc(S(=O)(=O)CC(CN)c2ccccc2)ccc1Cl. The van der Waals surface area contributed by atoms with Crippen LogP contribution in [0.25, 0.3) is 0 Å². The van der Waals surface area contributed by atoms with Crippen molar-refractivity contribution in [3.05, 3.63) is 64.7 Å². The molecule has 2 aromatic rings. The van der Waals surface area contributed by atoms with Crippen LogP contribution in [0.4, 0.5) is 0 Å². The monoisotopic (exact) mass is 323 g/mol. The molecule has 0 aromatic heterocycles. The number of rotatable bonds is 5. The lowest BCUT2D eigenvalue weighted by Crippen LogP contribution is -2.22. The molecule has 3 nitrogen and oxygen atoms in total. The van der Waals surface area contributed by atoms with E-state index in [1.165, 1.54) is 0 Å². The van der Waals surface area contributed by atoms with Crippen LogP contribution < -0.4 is 5.73 Å². The topological polar surface area (TPSA) is 60.2 Å². The van der Waals surface area contributed by atoms with E-state index < -0.39 is 9.84 Å². The molecule has 2 rings (SSSR count). The number of hydrogen-bond donors (Lipinski definition) is 1. The van der Waals surface area contributed by atoms with Crippen molar-refractivity contribution < 1.29 is 8.42 Å². The molecule has 1 atom stereocenters. The molecule has 0 fully saturated rings. The number of hydrogen-bond acceptors (Lipinski definition) is 3. The Morgan fingerprint density at radius 3 is 2.38 bits per heavy atom. The maximum absolute atomic E-state index is 12.5. The molecular weight excluding hydrogens is 306 g/mol. The minimum atomic E-state index is -3.40. The molecule has 0 amide bonds. The fourth-order valence-electron chi connectivity index (χ4n) is 2.20. The van der Waals surface area contributed by atoms with E-state index in [9.17, 15) is 8.42 Å². The summed E-state index contributed by atoms with van der Waals surface area (Å²) in [6.45, 7) is 2.08. The molecule has 0 bridgehead atoms. The van der Waals surface area contributed by atoms with Crippen LogP contribution in [0.3, 0.4) is 0 Å². The first-order valence-corrected chi connectivity index (χ1v) is 8.71. The predicted octanol–water partition coefficient (Wildman–Crippen LogP) is 3.16. The fraction of sp³-hybridized carbons (Fsp3) is 0.250. The maximum Gasteiger partial charge on any atom is 0.179 e. The summed E-state index contributed by atoms with van der Waals surface area (Å²) in [5, 5.41) is 0.562. The largest absolute Gasteiger partial charge is 0.330 e. The number of halogens is 1. The van der Waals surface area contributed by atoms with Gasteiger partial charge in [-0.15, -0.1) is 0 Å². The Labute approximate surface area is 130 Å². The summed E-state index contributed by atoms with van der Waals surface area (Å²) in [6.07, 6.45) is 0.